The van der Waals surface area contributed by atoms with E-state index in [9.17, 15) is 31.6 Å². The average molecular weight is 653 g/mol. The second-order valence-corrected chi connectivity index (χ2v) is 13.4. The molecule has 7 rings (SSSR count). The lowest BCUT2D eigenvalue weighted by molar-refractivity contribution is -0.137. The van der Waals surface area contributed by atoms with Crippen molar-refractivity contribution in [2.24, 2.45) is 11.0 Å². The number of halogens is 2. The largest absolute Gasteiger partial charge is 0.452 e. The van der Waals surface area contributed by atoms with Gasteiger partial charge in [-0.3, -0.25) is 9.59 Å². The molecule has 2 heterocycles. The number of nitrogens with zero attached hydrogens (tertiary/aromatic N) is 2. The van der Waals surface area contributed by atoms with Crippen LogP contribution in [-0.2, 0) is 19.4 Å². The fraction of sp³-hybridized carbons (Fsp3) is 0.167. The molecule has 0 N–H and O–H groups in total. The van der Waals surface area contributed by atoms with Crippen LogP contribution in [0.2, 0.25) is 0 Å². The topological polar surface area (TPSA) is 110 Å². The Morgan fingerprint density at radius 3 is 2.32 bits per heavy atom. The lowest BCUT2D eigenvalue weighted by Gasteiger charge is -2.29. The molecular weight excluding hydrogens is 626 g/mol. The number of ether oxygens (including phenoxy) is 1. The maximum Gasteiger partial charge on any atom is 0.338 e. The van der Waals surface area contributed by atoms with Gasteiger partial charge in [-0.2, -0.15) is 5.10 Å². The number of fused-ring (bicyclic) bond motifs is 3. The Hall–Kier alpha value is -5.29. The van der Waals surface area contributed by atoms with Crippen molar-refractivity contribution in [2.45, 2.75) is 35.1 Å². The quantitative estimate of drug-likeness (QED) is 0.206. The Morgan fingerprint density at radius 1 is 0.894 bits per heavy atom. The van der Waals surface area contributed by atoms with Crippen molar-refractivity contribution in [2.75, 3.05) is 6.61 Å². The Kier molecular flexibility index (Phi) is 7.63. The van der Waals surface area contributed by atoms with E-state index in [0.29, 0.717) is 24.1 Å². The highest BCUT2D eigenvalue weighted by molar-refractivity contribution is 7.91. The van der Waals surface area contributed by atoms with E-state index in [1.807, 2.05) is 6.08 Å². The molecule has 8 nitrogen and oxygen atoms in total. The van der Waals surface area contributed by atoms with Gasteiger partial charge in [-0.15, -0.1) is 0 Å². The number of hydrazone groups is 1. The first-order chi connectivity index (χ1) is 22.6. The van der Waals surface area contributed by atoms with E-state index in [0.717, 1.165) is 23.6 Å². The van der Waals surface area contributed by atoms with Crippen molar-refractivity contribution in [1.82, 2.24) is 5.01 Å². The number of allylic oxidation sites excluding steroid dienone is 1. The summed E-state index contributed by atoms with van der Waals surface area (Å²) >= 11 is 0. The Balaban J connectivity index is 1.15. The first kappa shape index (κ1) is 30.4. The zero-order chi connectivity index (χ0) is 32.9. The molecule has 1 fully saturated rings. The smallest absolute Gasteiger partial charge is 0.338 e. The number of sulfone groups is 1. The number of rotatable bonds is 5. The monoisotopic (exact) mass is 652 g/mol. The summed E-state index contributed by atoms with van der Waals surface area (Å²) in [6.45, 7) is -0.706. The van der Waals surface area contributed by atoms with Crippen LogP contribution in [-0.4, -0.2) is 43.4 Å². The molecule has 0 unspecified atom stereocenters. The Labute approximate surface area is 268 Å². The minimum Gasteiger partial charge on any atom is -0.452 e. The average Bonchev–Trinajstić information content (AvgIpc) is 3.48. The molecule has 0 bridgehead atoms. The predicted octanol–water partition coefficient (Wildman–Crippen LogP) is 6.32. The van der Waals surface area contributed by atoms with Crippen molar-refractivity contribution in [3.63, 3.8) is 0 Å². The molecule has 1 amide bonds. The summed E-state index contributed by atoms with van der Waals surface area (Å²) in [4.78, 5) is 39.3. The normalized spacial score (nSPS) is 20.2. The molecule has 1 saturated carbocycles. The van der Waals surface area contributed by atoms with Crippen LogP contribution in [0.1, 0.15) is 62.7 Å². The van der Waals surface area contributed by atoms with Gasteiger partial charge in [-0.25, -0.2) is 27.0 Å². The Bertz CT molecular complexity index is 2130. The molecule has 0 radical (unpaired) electrons. The summed E-state index contributed by atoms with van der Waals surface area (Å²) in [6.07, 6.45) is 4.11. The summed E-state index contributed by atoms with van der Waals surface area (Å²) < 4.78 is 59.3. The van der Waals surface area contributed by atoms with E-state index in [4.69, 9.17) is 9.84 Å². The number of ketones is 1. The van der Waals surface area contributed by atoms with Gasteiger partial charge in [0.15, 0.2) is 12.4 Å². The minimum atomic E-state index is -4.09. The minimum absolute atomic E-state index is 0.0556. The van der Waals surface area contributed by atoms with Crippen molar-refractivity contribution < 1.29 is 36.3 Å². The van der Waals surface area contributed by atoms with Crippen LogP contribution in [0.15, 0.2) is 111 Å². The van der Waals surface area contributed by atoms with Crippen molar-refractivity contribution in [3.05, 3.63) is 136 Å². The third kappa shape index (κ3) is 5.46. The van der Waals surface area contributed by atoms with Crippen LogP contribution in [0.3, 0.4) is 0 Å². The van der Waals surface area contributed by atoms with Crippen LogP contribution in [0, 0.1) is 17.6 Å². The maximum atomic E-state index is 13.9. The molecule has 11 heteroatoms. The highest BCUT2D eigenvalue weighted by atomic mass is 32.2. The summed E-state index contributed by atoms with van der Waals surface area (Å²) in [5, 5.41) is 5.96. The Morgan fingerprint density at radius 2 is 1.57 bits per heavy atom. The summed E-state index contributed by atoms with van der Waals surface area (Å²) in [7, 11) is -4.09. The molecule has 47 heavy (non-hydrogen) atoms. The first-order valence-electron chi connectivity index (χ1n) is 14.9. The summed E-state index contributed by atoms with van der Waals surface area (Å²) in [5.74, 6) is -3.07. The lowest BCUT2D eigenvalue weighted by Crippen LogP contribution is -2.34. The van der Waals surface area contributed by atoms with Gasteiger partial charge >= 0.3 is 5.97 Å². The van der Waals surface area contributed by atoms with E-state index in [1.54, 1.807) is 30.3 Å². The van der Waals surface area contributed by atoms with Crippen LogP contribution >= 0.6 is 0 Å². The van der Waals surface area contributed by atoms with E-state index < -0.39 is 46.0 Å². The molecule has 2 aliphatic heterocycles. The van der Waals surface area contributed by atoms with Gasteiger partial charge in [0.05, 0.1) is 27.1 Å². The molecule has 236 valence electrons. The first-order valence-corrected chi connectivity index (χ1v) is 16.4. The van der Waals surface area contributed by atoms with Gasteiger partial charge in [-0.05, 0) is 96.6 Å². The number of hydrogen-bond acceptors (Lipinski definition) is 7. The van der Waals surface area contributed by atoms with Crippen molar-refractivity contribution in [3.8, 4) is 0 Å². The van der Waals surface area contributed by atoms with Gasteiger partial charge in [0.2, 0.25) is 9.84 Å². The molecule has 0 saturated heterocycles. The molecule has 4 aromatic rings. The van der Waals surface area contributed by atoms with Gasteiger partial charge < -0.3 is 4.74 Å². The highest BCUT2D eigenvalue weighted by Crippen LogP contribution is 2.44. The summed E-state index contributed by atoms with van der Waals surface area (Å²) in [6, 6.07) is 20.7. The third-order valence-corrected chi connectivity index (χ3v) is 10.5. The van der Waals surface area contributed by atoms with E-state index in [-0.39, 0.29) is 38.2 Å². The van der Waals surface area contributed by atoms with Crippen LogP contribution < -0.4 is 0 Å². The number of hydrogen-bond donors (Lipinski definition) is 0. The zero-order valence-electron chi connectivity index (χ0n) is 24.7. The van der Waals surface area contributed by atoms with E-state index in [1.165, 1.54) is 59.6 Å². The molecule has 3 aliphatic rings. The molecule has 4 aromatic carbocycles. The second-order valence-electron chi connectivity index (χ2n) is 11.6. The number of carbonyl (C=O) groups is 3. The number of carbonyl (C=O) groups excluding carboxylic acids is 3. The van der Waals surface area contributed by atoms with Gasteiger partial charge in [-0.1, -0.05) is 36.4 Å². The standard InChI is InChI=1S/C36H26F2N2O6S/c37-25-13-8-21(9-14-25)18-23-4-3-6-29-33(23)39-40(34(29)22-10-15-26(38)16-11-22)32(41)20-46-36(43)24-12-17-28-31(19-24)47(44,45)30-7-2-1-5-27(30)35(28)42/h1-2,5,7-19,29,34H,3-4,6,20H2/b23-18-/t29-,34+/m0/s1. The lowest BCUT2D eigenvalue weighted by atomic mass is 9.77. The molecule has 1 aliphatic carbocycles. The van der Waals surface area contributed by atoms with Crippen LogP contribution in [0.25, 0.3) is 6.08 Å². The highest BCUT2D eigenvalue weighted by Gasteiger charge is 2.44. The molecule has 0 spiro atoms. The molecule has 0 aromatic heterocycles. The maximum absolute atomic E-state index is 13.9. The second kappa shape index (κ2) is 11.8. The number of esters is 1. The van der Waals surface area contributed by atoms with Crippen molar-refractivity contribution in [1.29, 1.82) is 0 Å². The van der Waals surface area contributed by atoms with Gasteiger partial charge in [0.1, 0.15) is 11.6 Å². The summed E-state index contributed by atoms with van der Waals surface area (Å²) in [5.41, 5.74) is 2.85. The SMILES string of the molecule is O=C(OCC(=O)N1N=C2/C(=C\c3ccc(F)cc3)CCC[C@@H]2[C@H]1c1ccc(F)cc1)c1ccc2c(c1)S(=O)(=O)c1ccccc1C2=O. The van der Waals surface area contributed by atoms with E-state index in [2.05, 4.69) is 0 Å². The predicted molar refractivity (Wildman–Crippen MR) is 167 cm³/mol. The third-order valence-electron chi connectivity index (χ3n) is 8.68. The van der Waals surface area contributed by atoms with E-state index >= 15 is 0 Å². The number of amides is 1. The zero-order valence-corrected chi connectivity index (χ0v) is 25.5. The number of benzene rings is 4. The fourth-order valence-electron chi connectivity index (χ4n) is 6.45. The fourth-order valence-corrected chi connectivity index (χ4v) is 8.13. The van der Waals surface area contributed by atoms with Crippen LogP contribution in [0.5, 0.6) is 0 Å². The molecular formula is C36H26F2N2O6S. The van der Waals surface area contributed by atoms with Gasteiger partial charge in [0.25, 0.3) is 5.91 Å². The van der Waals surface area contributed by atoms with Crippen molar-refractivity contribution >= 4 is 39.3 Å². The molecule has 2 atom stereocenters. The van der Waals surface area contributed by atoms with Crippen LogP contribution in [0.4, 0.5) is 8.78 Å². The van der Waals surface area contributed by atoms with Gasteiger partial charge in [0, 0.05) is 17.0 Å².